The number of hydrogen-bond donors (Lipinski definition) is 1. The van der Waals surface area contributed by atoms with Gasteiger partial charge in [-0.05, 0) is 38.1 Å². The highest BCUT2D eigenvalue weighted by Crippen LogP contribution is 2.42. The summed E-state index contributed by atoms with van der Waals surface area (Å²) >= 11 is 0. The van der Waals surface area contributed by atoms with Crippen molar-refractivity contribution in [3.63, 3.8) is 0 Å². The number of rotatable bonds is 6. The molecule has 3 fully saturated rings. The Balaban J connectivity index is 0.000000214. The van der Waals surface area contributed by atoms with Gasteiger partial charge in [-0.2, -0.15) is 5.10 Å². The molecule has 33 heavy (non-hydrogen) atoms. The molecule has 1 aromatic rings. The largest absolute Gasteiger partial charge is 0.476 e. The van der Waals surface area contributed by atoms with Crippen molar-refractivity contribution in [1.82, 2.24) is 9.78 Å². The maximum atomic E-state index is 11.5. The summed E-state index contributed by atoms with van der Waals surface area (Å²) in [7, 11) is -1.12. The number of ketones is 1. The zero-order valence-corrected chi connectivity index (χ0v) is 21.3. The molecule has 2 saturated heterocycles. The Morgan fingerprint density at radius 1 is 1.06 bits per heavy atom. The van der Waals surface area contributed by atoms with E-state index in [2.05, 4.69) is 24.7 Å². The molecule has 1 N–H and O–H groups in total. The van der Waals surface area contributed by atoms with Gasteiger partial charge in [0.25, 0.3) is 0 Å². The first-order valence-corrected chi connectivity index (χ1v) is 15.9. The van der Waals surface area contributed by atoms with Crippen molar-refractivity contribution in [2.75, 3.05) is 33.0 Å². The van der Waals surface area contributed by atoms with Gasteiger partial charge >= 0.3 is 5.97 Å². The summed E-state index contributed by atoms with van der Waals surface area (Å²) in [5.41, 5.74) is 2.70. The van der Waals surface area contributed by atoms with Crippen molar-refractivity contribution >= 4 is 19.8 Å². The fourth-order valence-corrected chi connectivity index (χ4v) is 5.79. The highest BCUT2D eigenvalue weighted by atomic mass is 28.3. The predicted molar refractivity (Wildman–Crippen MR) is 125 cm³/mol. The quantitative estimate of drug-likeness (QED) is 0.493. The summed E-state index contributed by atoms with van der Waals surface area (Å²) in [6.45, 7) is 11.3. The topological polar surface area (TPSA) is 99.9 Å². The van der Waals surface area contributed by atoms with Crippen molar-refractivity contribution in [1.29, 1.82) is 0 Å². The monoisotopic (exact) mass is 478 g/mol. The van der Waals surface area contributed by atoms with E-state index in [1.807, 2.05) is 0 Å². The molecule has 1 aromatic heterocycles. The van der Waals surface area contributed by atoms with E-state index in [1.54, 1.807) is 4.68 Å². The molecule has 0 unspecified atom stereocenters. The molecule has 184 valence electrons. The molecule has 2 aliphatic carbocycles. The van der Waals surface area contributed by atoms with E-state index in [9.17, 15) is 14.7 Å². The molecule has 5 rings (SSSR count). The van der Waals surface area contributed by atoms with E-state index in [0.29, 0.717) is 24.5 Å². The first-order chi connectivity index (χ1) is 15.6. The molecule has 1 saturated carbocycles. The van der Waals surface area contributed by atoms with Crippen LogP contribution < -0.4 is 0 Å². The molecule has 0 amide bonds. The molecular weight excluding hydrogens is 440 g/mol. The number of carboxylic acids is 1. The summed E-state index contributed by atoms with van der Waals surface area (Å²) in [4.78, 5) is 22.4. The van der Waals surface area contributed by atoms with E-state index in [4.69, 9.17) is 14.2 Å². The smallest absolute Gasteiger partial charge is 0.356 e. The van der Waals surface area contributed by atoms with Crippen LogP contribution in [0.1, 0.15) is 53.8 Å². The Kier molecular flexibility index (Phi) is 7.15. The molecule has 2 spiro atoms. The lowest BCUT2D eigenvalue weighted by Gasteiger charge is -2.44. The van der Waals surface area contributed by atoms with E-state index in [0.717, 1.165) is 88.7 Å². The standard InChI is InChI=1S/C16H26N2O4Si.C8H12O2/c1-23(2,3)7-6-21-11-18-13-4-5-16(9-22-10-16)8-12(13)14(17-18)15(19)20;9-7-1-3-8(4-2-7)5-10-6-8/h4-11H2,1-3H3,(H,19,20);1-6H2. The van der Waals surface area contributed by atoms with E-state index in [1.165, 1.54) is 0 Å². The minimum atomic E-state index is -1.12. The lowest BCUT2D eigenvalue weighted by Crippen LogP contribution is -2.46. The number of aromatic carboxylic acids is 1. The number of carbonyl (C=O) groups is 2. The SMILES string of the molecule is C[Si](C)(C)CCOCn1nc(C(=O)O)c2c1CCC1(COC1)C2.O=C1CCC2(CC1)COC2. The lowest BCUT2D eigenvalue weighted by molar-refractivity contribution is -0.145. The molecule has 2 aliphatic heterocycles. The van der Waals surface area contributed by atoms with Gasteiger partial charge in [0.1, 0.15) is 12.5 Å². The highest BCUT2D eigenvalue weighted by Gasteiger charge is 2.44. The van der Waals surface area contributed by atoms with Crippen molar-refractivity contribution in [2.45, 2.75) is 77.4 Å². The number of nitrogens with zero attached hydrogens (tertiary/aromatic N) is 2. The second-order valence-electron chi connectivity index (χ2n) is 11.6. The molecule has 0 aromatic carbocycles. The van der Waals surface area contributed by atoms with E-state index >= 15 is 0 Å². The number of aromatic nitrogens is 2. The van der Waals surface area contributed by atoms with Gasteiger partial charge in [-0.25, -0.2) is 9.48 Å². The van der Waals surface area contributed by atoms with Gasteiger partial charge in [-0.3, -0.25) is 4.79 Å². The highest BCUT2D eigenvalue weighted by molar-refractivity contribution is 6.76. The fourth-order valence-electron chi connectivity index (χ4n) is 5.03. The van der Waals surface area contributed by atoms with Crippen LogP contribution in [-0.4, -0.2) is 67.7 Å². The number of fused-ring (bicyclic) bond motifs is 1. The van der Waals surface area contributed by atoms with Gasteiger partial charge in [0.15, 0.2) is 5.69 Å². The Labute approximate surface area is 197 Å². The van der Waals surface area contributed by atoms with Crippen molar-refractivity contribution < 1.29 is 28.9 Å². The zero-order chi connectivity index (χ0) is 23.7. The van der Waals surface area contributed by atoms with Gasteiger partial charge in [-0.1, -0.05) is 19.6 Å². The molecule has 0 radical (unpaired) electrons. The van der Waals surface area contributed by atoms with Crippen LogP contribution >= 0.6 is 0 Å². The summed E-state index contributed by atoms with van der Waals surface area (Å²) in [6.07, 6.45) is 6.40. The van der Waals surface area contributed by atoms with Crippen LogP contribution in [0.3, 0.4) is 0 Å². The molecule has 3 heterocycles. The van der Waals surface area contributed by atoms with Crippen LogP contribution in [0.2, 0.25) is 25.7 Å². The minimum absolute atomic E-state index is 0.143. The number of hydrogen-bond acceptors (Lipinski definition) is 6. The van der Waals surface area contributed by atoms with Gasteiger partial charge in [0.05, 0.1) is 26.4 Å². The predicted octanol–water partition coefficient (Wildman–Crippen LogP) is 3.55. The summed E-state index contributed by atoms with van der Waals surface area (Å²) in [5.74, 6) is -0.503. The van der Waals surface area contributed by atoms with Gasteiger partial charge in [-0.15, -0.1) is 0 Å². The average molecular weight is 479 g/mol. The lowest BCUT2D eigenvalue weighted by atomic mass is 9.71. The van der Waals surface area contributed by atoms with Crippen molar-refractivity contribution in [3.05, 3.63) is 17.0 Å². The van der Waals surface area contributed by atoms with Gasteiger partial charge in [0.2, 0.25) is 0 Å². The van der Waals surface area contributed by atoms with Crippen LogP contribution in [0.5, 0.6) is 0 Å². The Bertz CT molecular complexity index is 870. The number of carboxylic acid groups (broad SMARTS) is 1. The summed E-state index contributed by atoms with van der Waals surface area (Å²) in [6, 6.07) is 1.10. The third kappa shape index (κ3) is 5.75. The average Bonchev–Trinajstić information content (AvgIpc) is 3.07. The zero-order valence-electron chi connectivity index (χ0n) is 20.3. The maximum Gasteiger partial charge on any atom is 0.356 e. The fraction of sp³-hybridized carbons (Fsp3) is 0.792. The second kappa shape index (κ2) is 9.60. The Morgan fingerprint density at radius 3 is 2.18 bits per heavy atom. The molecule has 0 atom stereocenters. The Hall–Kier alpha value is -1.55. The van der Waals surface area contributed by atoms with Crippen LogP contribution in [0.4, 0.5) is 0 Å². The molecule has 8 nitrogen and oxygen atoms in total. The minimum Gasteiger partial charge on any atom is -0.476 e. The molecule has 4 aliphatic rings. The third-order valence-corrected chi connectivity index (χ3v) is 9.23. The molecule has 9 heteroatoms. The van der Waals surface area contributed by atoms with Crippen LogP contribution in [0, 0.1) is 10.8 Å². The van der Waals surface area contributed by atoms with Gasteiger partial charge in [0, 0.05) is 49.6 Å². The third-order valence-electron chi connectivity index (χ3n) is 7.52. The molecular formula is C24H38N2O6Si. The van der Waals surface area contributed by atoms with Gasteiger partial charge < -0.3 is 19.3 Å². The van der Waals surface area contributed by atoms with Crippen LogP contribution in [0.15, 0.2) is 0 Å². The number of Topliss-reactive ketones (excluding diaryl/α,β-unsaturated/α-hetero) is 1. The van der Waals surface area contributed by atoms with E-state index in [-0.39, 0.29) is 11.1 Å². The van der Waals surface area contributed by atoms with Crippen LogP contribution in [-0.2, 0) is 38.6 Å². The maximum absolute atomic E-state index is 11.5. The van der Waals surface area contributed by atoms with E-state index < -0.39 is 14.0 Å². The first-order valence-electron chi connectivity index (χ1n) is 12.2. The number of carbonyl (C=O) groups excluding carboxylic acids is 1. The Morgan fingerprint density at radius 2 is 1.67 bits per heavy atom. The number of ether oxygens (including phenoxy) is 3. The first kappa shape index (κ1) is 24.6. The summed E-state index contributed by atoms with van der Waals surface area (Å²) in [5, 5.41) is 13.8. The summed E-state index contributed by atoms with van der Waals surface area (Å²) < 4.78 is 18.0. The normalized spacial score (nSPS) is 22.7. The van der Waals surface area contributed by atoms with Crippen molar-refractivity contribution in [3.8, 4) is 0 Å². The van der Waals surface area contributed by atoms with Crippen LogP contribution in [0.25, 0.3) is 0 Å². The molecule has 0 bridgehead atoms. The van der Waals surface area contributed by atoms with Crippen molar-refractivity contribution in [2.24, 2.45) is 10.8 Å². The second-order valence-corrected chi connectivity index (χ2v) is 17.2.